The maximum Gasteiger partial charge on any atom is 0.114 e. The number of nitrogens with zero attached hydrogens (tertiary/aromatic N) is 4. The highest BCUT2D eigenvalue weighted by molar-refractivity contribution is 5.22. The Morgan fingerprint density at radius 2 is 2.26 bits per heavy atom. The molecule has 0 saturated carbocycles. The van der Waals surface area contributed by atoms with Crippen LogP contribution in [0.1, 0.15) is 22.9 Å². The van der Waals surface area contributed by atoms with E-state index in [1.807, 2.05) is 35.9 Å². The molecular formula is C13H19N5O. The van der Waals surface area contributed by atoms with Crippen LogP contribution in [0.3, 0.4) is 0 Å². The average Bonchev–Trinajstić information content (AvgIpc) is 2.95. The van der Waals surface area contributed by atoms with Crippen molar-refractivity contribution in [1.82, 2.24) is 24.9 Å². The SMILES string of the molecule is Cn1cc(CNC[C@@H]2OCCc3cn(C)nc32)cn1. The van der Waals surface area contributed by atoms with Gasteiger partial charge in [0, 0.05) is 45.1 Å². The van der Waals surface area contributed by atoms with Crippen molar-refractivity contribution >= 4 is 0 Å². The predicted molar refractivity (Wildman–Crippen MR) is 70.5 cm³/mol. The van der Waals surface area contributed by atoms with Gasteiger partial charge in [-0.15, -0.1) is 0 Å². The van der Waals surface area contributed by atoms with Gasteiger partial charge >= 0.3 is 0 Å². The molecule has 1 aliphatic rings. The second-order valence-electron chi connectivity index (χ2n) is 4.98. The lowest BCUT2D eigenvalue weighted by molar-refractivity contribution is 0.0393. The first kappa shape index (κ1) is 12.4. The van der Waals surface area contributed by atoms with Crippen LogP contribution in [0.4, 0.5) is 0 Å². The summed E-state index contributed by atoms with van der Waals surface area (Å²) in [6, 6.07) is 0. The molecule has 0 unspecified atom stereocenters. The normalized spacial score (nSPS) is 18.5. The number of aryl methyl sites for hydroxylation is 2. The molecule has 1 atom stereocenters. The Labute approximate surface area is 112 Å². The Bertz CT molecular complexity index is 559. The van der Waals surface area contributed by atoms with Gasteiger partial charge in [0.15, 0.2) is 0 Å². The first-order chi connectivity index (χ1) is 9.22. The fraction of sp³-hybridized carbons (Fsp3) is 0.538. The van der Waals surface area contributed by atoms with Crippen LogP contribution in [0.25, 0.3) is 0 Å². The second-order valence-corrected chi connectivity index (χ2v) is 4.98. The zero-order valence-corrected chi connectivity index (χ0v) is 11.3. The summed E-state index contributed by atoms with van der Waals surface area (Å²) in [5, 5.41) is 12.1. The van der Waals surface area contributed by atoms with E-state index in [4.69, 9.17) is 4.74 Å². The summed E-state index contributed by atoms with van der Waals surface area (Å²) in [6.45, 7) is 2.35. The van der Waals surface area contributed by atoms with Crippen LogP contribution >= 0.6 is 0 Å². The van der Waals surface area contributed by atoms with Gasteiger partial charge < -0.3 is 10.1 Å². The lowest BCUT2D eigenvalue weighted by atomic mass is 10.1. The van der Waals surface area contributed by atoms with Crippen molar-refractivity contribution < 1.29 is 4.74 Å². The van der Waals surface area contributed by atoms with E-state index >= 15 is 0 Å². The Morgan fingerprint density at radius 3 is 3.05 bits per heavy atom. The first-order valence-corrected chi connectivity index (χ1v) is 6.54. The van der Waals surface area contributed by atoms with Crippen molar-refractivity contribution in [3.63, 3.8) is 0 Å². The maximum atomic E-state index is 5.80. The van der Waals surface area contributed by atoms with Crippen molar-refractivity contribution in [2.45, 2.75) is 19.1 Å². The van der Waals surface area contributed by atoms with Gasteiger partial charge in [0.25, 0.3) is 0 Å². The van der Waals surface area contributed by atoms with Crippen molar-refractivity contribution in [1.29, 1.82) is 0 Å². The molecule has 2 aromatic rings. The molecule has 3 rings (SSSR count). The molecule has 19 heavy (non-hydrogen) atoms. The number of hydrogen-bond donors (Lipinski definition) is 1. The molecular weight excluding hydrogens is 242 g/mol. The van der Waals surface area contributed by atoms with Crippen molar-refractivity contribution in [2.75, 3.05) is 13.2 Å². The molecule has 1 N–H and O–H groups in total. The fourth-order valence-electron chi connectivity index (χ4n) is 2.47. The van der Waals surface area contributed by atoms with Crippen molar-refractivity contribution in [3.8, 4) is 0 Å². The molecule has 0 saturated heterocycles. The van der Waals surface area contributed by atoms with E-state index in [-0.39, 0.29) is 6.10 Å². The summed E-state index contributed by atoms with van der Waals surface area (Å²) in [7, 11) is 3.88. The third kappa shape index (κ3) is 2.69. The van der Waals surface area contributed by atoms with E-state index in [0.29, 0.717) is 0 Å². The van der Waals surface area contributed by atoms with E-state index in [9.17, 15) is 0 Å². The average molecular weight is 261 g/mol. The molecule has 102 valence electrons. The van der Waals surface area contributed by atoms with Gasteiger partial charge in [0.1, 0.15) is 6.10 Å². The van der Waals surface area contributed by atoms with Crippen LogP contribution in [-0.2, 0) is 31.8 Å². The monoisotopic (exact) mass is 261 g/mol. The zero-order chi connectivity index (χ0) is 13.2. The topological polar surface area (TPSA) is 56.9 Å². The second kappa shape index (κ2) is 5.14. The van der Waals surface area contributed by atoms with Gasteiger partial charge in [-0.25, -0.2) is 0 Å². The number of aromatic nitrogens is 4. The highest BCUT2D eigenvalue weighted by atomic mass is 16.5. The minimum atomic E-state index is 0.0571. The molecule has 0 radical (unpaired) electrons. The standard InChI is InChI=1S/C13H19N5O/c1-17-8-10(6-15-17)5-14-7-12-13-11(3-4-19-12)9-18(2)16-13/h6,8-9,12,14H,3-5,7H2,1-2H3/t12-/m0/s1. The van der Waals surface area contributed by atoms with Crippen molar-refractivity contribution in [2.24, 2.45) is 14.1 Å². The van der Waals surface area contributed by atoms with Crippen LogP contribution in [0.15, 0.2) is 18.6 Å². The van der Waals surface area contributed by atoms with Gasteiger partial charge in [-0.1, -0.05) is 0 Å². The number of hydrogen-bond acceptors (Lipinski definition) is 4. The molecule has 3 heterocycles. The summed E-state index contributed by atoms with van der Waals surface area (Å²) in [4.78, 5) is 0. The summed E-state index contributed by atoms with van der Waals surface area (Å²) in [5.74, 6) is 0. The van der Waals surface area contributed by atoms with Gasteiger partial charge in [0.05, 0.1) is 18.5 Å². The molecule has 2 aromatic heterocycles. The molecule has 1 aliphatic heterocycles. The Morgan fingerprint density at radius 1 is 1.37 bits per heavy atom. The molecule has 0 aliphatic carbocycles. The minimum absolute atomic E-state index is 0.0571. The molecule has 6 nitrogen and oxygen atoms in total. The minimum Gasteiger partial charge on any atom is -0.370 e. The summed E-state index contributed by atoms with van der Waals surface area (Å²) in [5.41, 5.74) is 3.56. The summed E-state index contributed by atoms with van der Waals surface area (Å²) >= 11 is 0. The van der Waals surface area contributed by atoms with E-state index in [1.54, 1.807) is 0 Å². The third-order valence-corrected chi connectivity index (χ3v) is 3.35. The smallest absolute Gasteiger partial charge is 0.114 e. The Hall–Kier alpha value is -1.66. The lowest BCUT2D eigenvalue weighted by Gasteiger charge is -2.22. The fourth-order valence-corrected chi connectivity index (χ4v) is 2.47. The van der Waals surface area contributed by atoms with Gasteiger partial charge in [-0.05, 0) is 12.0 Å². The van der Waals surface area contributed by atoms with E-state index in [2.05, 4.69) is 21.7 Å². The molecule has 0 fully saturated rings. The molecule has 0 bridgehead atoms. The molecule has 0 spiro atoms. The number of fused-ring (bicyclic) bond motifs is 1. The number of ether oxygens (including phenoxy) is 1. The third-order valence-electron chi connectivity index (χ3n) is 3.35. The largest absolute Gasteiger partial charge is 0.370 e. The van der Waals surface area contributed by atoms with Gasteiger partial charge in [-0.2, -0.15) is 10.2 Å². The summed E-state index contributed by atoms with van der Waals surface area (Å²) < 4.78 is 9.48. The van der Waals surface area contributed by atoms with Crippen LogP contribution in [0, 0.1) is 0 Å². The summed E-state index contributed by atoms with van der Waals surface area (Å²) in [6.07, 6.45) is 7.00. The number of rotatable bonds is 4. The van der Waals surface area contributed by atoms with Crippen LogP contribution in [0.2, 0.25) is 0 Å². The quantitative estimate of drug-likeness (QED) is 0.873. The zero-order valence-electron chi connectivity index (χ0n) is 11.3. The first-order valence-electron chi connectivity index (χ1n) is 6.54. The van der Waals surface area contributed by atoms with Crippen LogP contribution < -0.4 is 5.32 Å². The lowest BCUT2D eigenvalue weighted by Crippen LogP contribution is -2.27. The Kier molecular flexibility index (Phi) is 3.35. The van der Waals surface area contributed by atoms with Gasteiger partial charge in [-0.3, -0.25) is 9.36 Å². The predicted octanol–water partition coefficient (Wildman–Crippen LogP) is 0.557. The highest BCUT2D eigenvalue weighted by Crippen LogP contribution is 2.24. The molecule has 6 heteroatoms. The van der Waals surface area contributed by atoms with E-state index < -0.39 is 0 Å². The van der Waals surface area contributed by atoms with Crippen LogP contribution in [0.5, 0.6) is 0 Å². The maximum absolute atomic E-state index is 5.80. The van der Waals surface area contributed by atoms with Gasteiger partial charge in [0.2, 0.25) is 0 Å². The van der Waals surface area contributed by atoms with Crippen molar-refractivity contribution in [3.05, 3.63) is 35.4 Å². The molecule has 0 aromatic carbocycles. The number of nitrogens with one attached hydrogen (secondary N) is 1. The van der Waals surface area contributed by atoms with E-state index in [1.165, 1.54) is 11.1 Å². The van der Waals surface area contributed by atoms with Crippen LogP contribution in [-0.4, -0.2) is 32.7 Å². The Balaban J connectivity index is 1.59. The van der Waals surface area contributed by atoms with E-state index in [0.717, 1.165) is 31.8 Å². The molecule has 0 amide bonds. The highest BCUT2D eigenvalue weighted by Gasteiger charge is 2.23.